The second-order valence-corrected chi connectivity index (χ2v) is 5.40. The Morgan fingerprint density at radius 2 is 2.00 bits per heavy atom. The quantitative estimate of drug-likeness (QED) is 0.629. The molecule has 0 saturated heterocycles. The monoisotopic (exact) mass is 370 g/mol. The van der Waals surface area contributed by atoms with Crippen molar-refractivity contribution in [1.82, 2.24) is 4.90 Å². The Morgan fingerprint density at radius 1 is 1.38 bits per heavy atom. The second kappa shape index (κ2) is 7.11. The minimum absolute atomic E-state index is 0.0292. The number of benzene rings is 1. The van der Waals surface area contributed by atoms with E-state index in [4.69, 9.17) is 5.73 Å². The van der Waals surface area contributed by atoms with Crippen molar-refractivity contribution in [3.63, 3.8) is 0 Å². The van der Waals surface area contributed by atoms with Crippen LogP contribution < -0.4 is 5.73 Å². The molecule has 0 unspecified atom stereocenters. The van der Waals surface area contributed by atoms with Gasteiger partial charge in [-0.1, -0.05) is 13.3 Å². The number of carbonyl (C=O) groups is 1. The molecule has 8 heteroatoms. The number of halogens is 5. The molecule has 0 atom stereocenters. The Labute approximate surface area is 128 Å². The molecule has 1 aromatic rings. The van der Waals surface area contributed by atoms with Crippen LogP contribution in [0.3, 0.4) is 0 Å². The summed E-state index contributed by atoms with van der Waals surface area (Å²) in [6.45, 7) is 0.427. The van der Waals surface area contributed by atoms with Crippen molar-refractivity contribution in [3.8, 4) is 0 Å². The average molecular weight is 371 g/mol. The summed E-state index contributed by atoms with van der Waals surface area (Å²) in [5.74, 6) is -1.58. The van der Waals surface area contributed by atoms with Gasteiger partial charge >= 0.3 is 6.18 Å². The van der Waals surface area contributed by atoms with Crippen LogP contribution in [-0.4, -0.2) is 30.1 Å². The first kappa shape index (κ1) is 17.7. The number of hydrogen-bond acceptors (Lipinski definition) is 2. The molecule has 1 rings (SSSR count). The van der Waals surface area contributed by atoms with E-state index in [1.165, 1.54) is 0 Å². The van der Waals surface area contributed by atoms with Crippen molar-refractivity contribution >= 4 is 27.5 Å². The van der Waals surface area contributed by atoms with Crippen LogP contribution in [0, 0.1) is 5.82 Å². The van der Waals surface area contributed by atoms with E-state index in [1.807, 2.05) is 6.92 Å². The van der Waals surface area contributed by atoms with Crippen LogP contribution in [0.1, 0.15) is 30.1 Å². The van der Waals surface area contributed by atoms with E-state index >= 15 is 0 Å². The molecule has 2 N–H and O–H groups in total. The smallest absolute Gasteiger partial charge is 0.396 e. The van der Waals surface area contributed by atoms with Crippen molar-refractivity contribution in [2.75, 3.05) is 18.8 Å². The molecule has 21 heavy (non-hydrogen) atoms. The number of nitrogen functional groups attached to an aromatic ring is 1. The lowest BCUT2D eigenvalue weighted by Crippen LogP contribution is -2.39. The molecule has 0 aliphatic carbocycles. The van der Waals surface area contributed by atoms with E-state index in [0.29, 0.717) is 17.7 Å². The van der Waals surface area contributed by atoms with Gasteiger partial charge in [-0.15, -0.1) is 0 Å². The molecular formula is C13H15BrF4N2O. The van der Waals surface area contributed by atoms with Crippen LogP contribution in [0.5, 0.6) is 0 Å². The van der Waals surface area contributed by atoms with E-state index in [0.717, 1.165) is 12.1 Å². The number of nitrogens with two attached hydrogens (primary N) is 1. The fourth-order valence-corrected chi connectivity index (χ4v) is 2.20. The van der Waals surface area contributed by atoms with Gasteiger partial charge in [0.05, 0.1) is 11.3 Å². The first-order valence-corrected chi connectivity index (χ1v) is 7.05. The number of unbranched alkanes of at least 4 members (excludes halogenated alkanes) is 1. The molecule has 0 fully saturated rings. The SMILES string of the molecule is CCCCN(CC(F)(F)F)C(=O)c1cc(N)c(F)cc1Br. The zero-order chi connectivity index (χ0) is 16.2. The molecule has 0 aliphatic rings. The van der Waals surface area contributed by atoms with Crippen molar-refractivity contribution in [2.45, 2.75) is 25.9 Å². The highest BCUT2D eigenvalue weighted by atomic mass is 79.9. The van der Waals surface area contributed by atoms with Crippen LogP contribution in [0.4, 0.5) is 23.2 Å². The van der Waals surface area contributed by atoms with Crippen LogP contribution in [-0.2, 0) is 0 Å². The predicted octanol–water partition coefficient (Wildman–Crippen LogP) is 3.98. The van der Waals surface area contributed by atoms with Crippen LogP contribution in [0.25, 0.3) is 0 Å². The Morgan fingerprint density at radius 3 is 2.52 bits per heavy atom. The van der Waals surface area contributed by atoms with Gasteiger partial charge in [-0.05, 0) is 34.5 Å². The number of carbonyl (C=O) groups excluding carboxylic acids is 1. The van der Waals surface area contributed by atoms with E-state index in [-0.39, 0.29) is 22.3 Å². The summed E-state index contributed by atoms with van der Waals surface area (Å²) in [6, 6.07) is 2.01. The van der Waals surface area contributed by atoms with Crippen LogP contribution in [0.2, 0.25) is 0 Å². The lowest BCUT2D eigenvalue weighted by molar-refractivity contribution is -0.140. The second-order valence-electron chi connectivity index (χ2n) is 4.55. The number of amides is 1. The Bertz CT molecular complexity index is 520. The molecule has 0 radical (unpaired) electrons. The summed E-state index contributed by atoms with van der Waals surface area (Å²) >= 11 is 2.97. The average Bonchev–Trinajstić information content (AvgIpc) is 2.36. The highest BCUT2D eigenvalue weighted by Gasteiger charge is 2.33. The predicted molar refractivity (Wildman–Crippen MR) is 75.4 cm³/mol. The first-order chi connectivity index (χ1) is 9.65. The maximum atomic E-state index is 13.2. The summed E-state index contributed by atoms with van der Waals surface area (Å²) in [5.41, 5.74) is 4.99. The largest absolute Gasteiger partial charge is 0.406 e. The van der Waals surface area contributed by atoms with Crippen LogP contribution in [0.15, 0.2) is 16.6 Å². The minimum atomic E-state index is -4.50. The number of nitrogens with zero attached hydrogens (tertiary/aromatic N) is 1. The van der Waals surface area contributed by atoms with E-state index in [2.05, 4.69) is 15.9 Å². The van der Waals surface area contributed by atoms with Gasteiger partial charge in [0.15, 0.2) is 0 Å². The number of anilines is 1. The van der Waals surface area contributed by atoms with Gasteiger partial charge in [-0.3, -0.25) is 4.79 Å². The third-order valence-corrected chi connectivity index (χ3v) is 3.41. The maximum absolute atomic E-state index is 13.2. The van der Waals surface area contributed by atoms with Gasteiger partial charge in [0.25, 0.3) is 5.91 Å². The zero-order valence-electron chi connectivity index (χ0n) is 11.3. The molecule has 118 valence electrons. The molecular weight excluding hydrogens is 356 g/mol. The van der Waals surface area contributed by atoms with E-state index in [9.17, 15) is 22.4 Å². The van der Waals surface area contributed by atoms with Crippen molar-refractivity contribution < 1.29 is 22.4 Å². The first-order valence-electron chi connectivity index (χ1n) is 6.26. The summed E-state index contributed by atoms with van der Waals surface area (Å²) in [6.07, 6.45) is -3.41. The Kier molecular flexibility index (Phi) is 6.00. The van der Waals surface area contributed by atoms with Gasteiger partial charge in [0.2, 0.25) is 0 Å². The number of alkyl halides is 3. The van der Waals surface area contributed by atoms with Gasteiger partial charge in [-0.2, -0.15) is 13.2 Å². The van der Waals surface area contributed by atoms with Gasteiger partial charge in [-0.25, -0.2) is 4.39 Å². The standard InChI is InChI=1S/C13H15BrF4N2O/c1-2-3-4-20(7-13(16,17)18)12(21)8-5-11(19)10(15)6-9(8)14/h5-6H,2-4,7,19H2,1H3. The normalized spacial score (nSPS) is 11.5. The number of hydrogen-bond donors (Lipinski definition) is 1. The summed E-state index contributed by atoms with van der Waals surface area (Å²) < 4.78 is 51.0. The topological polar surface area (TPSA) is 46.3 Å². The molecule has 1 aromatic carbocycles. The lowest BCUT2D eigenvalue weighted by atomic mass is 10.1. The molecule has 3 nitrogen and oxygen atoms in total. The maximum Gasteiger partial charge on any atom is 0.406 e. The summed E-state index contributed by atoms with van der Waals surface area (Å²) in [4.78, 5) is 12.9. The molecule has 0 heterocycles. The highest BCUT2D eigenvalue weighted by Crippen LogP contribution is 2.26. The fourth-order valence-electron chi connectivity index (χ4n) is 1.72. The van der Waals surface area contributed by atoms with Crippen LogP contribution >= 0.6 is 15.9 Å². The van der Waals surface area contributed by atoms with E-state index in [1.54, 1.807) is 0 Å². The molecule has 0 aliphatic heterocycles. The molecule has 1 amide bonds. The zero-order valence-corrected chi connectivity index (χ0v) is 12.9. The Balaban J connectivity index is 3.07. The fraction of sp³-hybridized carbons (Fsp3) is 0.462. The molecule has 0 saturated carbocycles. The third kappa shape index (κ3) is 5.18. The molecule has 0 aromatic heterocycles. The minimum Gasteiger partial charge on any atom is -0.396 e. The van der Waals surface area contributed by atoms with Gasteiger partial charge < -0.3 is 10.6 Å². The molecule has 0 bridgehead atoms. The van der Waals surface area contributed by atoms with Crippen molar-refractivity contribution in [2.24, 2.45) is 0 Å². The summed E-state index contributed by atoms with van der Waals surface area (Å²) in [7, 11) is 0. The van der Waals surface area contributed by atoms with Crippen molar-refractivity contribution in [1.29, 1.82) is 0 Å². The van der Waals surface area contributed by atoms with E-state index < -0.39 is 24.4 Å². The Hall–Kier alpha value is -1.31. The van der Waals surface area contributed by atoms with Gasteiger partial charge in [0, 0.05) is 11.0 Å². The van der Waals surface area contributed by atoms with Crippen molar-refractivity contribution in [3.05, 3.63) is 28.0 Å². The molecule has 0 spiro atoms. The number of rotatable bonds is 5. The summed E-state index contributed by atoms with van der Waals surface area (Å²) in [5, 5.41) is 0. The third-order valence-electron chi connectivity index (χ3n) is 2.76. The lowest BCUT2D eigenvalue weighted by Gasteiger charge is -2.24. The van der Waals surface area contributed by atoms with Gasteiger partial charge in [0.1, 0.15) is 12.4 Å². The highest BCUT2D eigenvalue weighted by molar-refractivity contribution is 9.10.